The van der Waals surface area contributed by atoms with Crippen LogP contribution in [0, 0.1) is 0 Å². The maximum absolute atomic E-state index is 4.12. The maximum Gasteiger partial charge on any atom is 0.0273 e. The molecule has 134 valence electrons. The van der Waals surface area contributed by atoms with E-state index in [2.05, 4.69) is 82.8 Å². The highest BCUT2D eigenvalue weighted by atomic mass is 14.6. The molecule has 2 aliphatic carbocycles. The molecule has 0 spiro atoms. The SMILES string of the molecule is C1=C(c2ccncc2)CC(c2cccc(C3=CC=C(c4ccncc4)C3)c2)=C1. The van der Waals surface area contributed by atoms with Gasteiger partial charge in [0.05, 0.1) is 0 Å². The molecule has 0 bridgehead atoms. The Kier molecular flexibility index (Phi) is 4.30. The smallest absolute Gasteiger partial charge is 0.0273 e. The van der Waals surface area contributed by atoms with E-state index in [1.807, 2.05) is 24.8 Å². The number of aromatic nitrogens is 2. The van der Waals surface area contributed by atoms with Crippen molar-refractivity contribution < 1.29 is 0 Å². The van der Waals surface area contributed by atoms with Crippen LogP contribution in [0.2, 0.25) is 0 Å². The largest absolute Gasteiger partial charge is 0.265 e. The minimum atomic E-state index is 0.965. The van der Waals surface area contributed by atoms with Crippen molar-refractivity contribution >= 4 is 22.3 Å². The molecule has 0 unspecified atom stereocenters. The molecule has 1 aromatic carbocycles. The lowest BCUT2D eigenvalue weighted by atomic mass is 9.94. The summed E-state index contributed by atoms with van der Waals surface area (Å²) in [7, 11) is 0. The van der Waals surface area contributed by atoms with Gasteiger partial charge in [-0.15, -0.1) is 0 Å². The summed E-state index contributed by atoms with van der Waals surface area (Å²) in [5.74, 6) is 0. The van der Waals surface area contributed by atoms with E-state index < -0.39 is 0 Å². The van der Waals surface area contributed by atoms with Crippen LogP contribution in [0.25, 0.3) is 22.3 Å². The van der Waals surface area contributed by atoms with Gasteiger partial charge in [-0.2, -0.15) is 0 Å². The number of allylic oxidation sites excluding steroid dienone is 8. The zero-order chi connectivity index (χ0) is 18.8. The standard InChI is InChI=1S/C26H20N2/c1-2-21(25-6-4-23(17-25)19-8-12-27-13-9-19)16-22(3-1)26-7-5-24(18-26)20-10-14-28-15-11-20/h1-16H,17-18H2. The second-order valence-corrected chi connectivity index (χ2v) is 7.17. The molecule has 2 aliphatic rings. The Labute approximate surface area is 165 Å². The van der Waals surface area contributed by atoms with Gasteiger partial charge in [0.1, 0.15) is 0 Å². The van der Waals surface area contributed by atoms with Gasteiger partial charge in [0.25, 0.3) is 0 Å². The van der Waals surface area contributed by atoms with Crippen LogP contribution in [-0.2, 0) is 0 Å². The first-order valence-corrected chi connectivity index (χ1v) is 9.58. The van der Waals surface area contributed by atoms with Crippen molar-refractivity contribution in [2.45, 2.75) is 12.8 Å². The summed E-state index contributed by atoms with van der Waals surface area (Å²) in [5, 5.41) is 0. The fourth-order valence-electron chi connectivity index (χ4n) is 3.89. The highest BCUT2D eigenvalue weighted by Crippen LogP contribution is 2.37. The van der Waals surface area contributed by atoms with E-state index >= 15 is 0 Å². The lowest BCUT2D eigenvalue weighted by Gasteiger charge is -2.10. The third-order valence-electron chi connectivity index (χ3n) is 5.44. The minimum Gasteiger partial charge on any atom is -0.265 e. The van der Waals surface area contributed by atoms with E-state index in [0.717, 1.165) is 12.8 Å². The maximum atomic E-state index is 4.12. The zero-order valence-electron chi connectivity index (χ0n) is 15.5. The summed E-state index contributed by atoms with van der Waals surface area (Å²) in [5.41, 5.74) is 10.6. The molecule has 3 aromatic rings. The van der Waals surface area contributed by atoms with Crippen molar-refractivity contribution in [3.63, 3.8) is 0 Å². The summed E-state index contributed by atoms with van der Waals surface area (Å²) in [6.45, 7) is 0. The Morgan fingerprint density at radius 3 is 1.29 bits per heavy atom. The molecule has 2 nitrogen and oxygen atoms in total. The monoisotopic (exact) mass is 360 g/mol. The molecule has 0 amide bonds. The van der Waals surface area contributed by atoms with E-state index in [1.54, 1.807) is 0 Å². The van der Waals surface area contributed by atoms with E-state index in [4.69, 9.17) is 0 Å². The molecule has 2 aromatic heterocycles. The molecule has 28 heavy (non-hydrogen) atoms. The van der Waals surface area contributed by atoms with Crippen molar-refractivity contribution in [1.82, 2.24) is 9.97 Å². The third-order valence-corrected chi connectivity index (χ3v) is 5.44. The number of benzene rings is 1. The summed E-state index contributed by atoms with van der Waals surface area (Å²) in [4.78, 5) is 8.24. The molecule has 5 rings (SSSR count). The van der Waals surface area contributed by atoms with Crippen molar-refractivity contribution in [3.8, 4) is 0 Å². The normalized spacial score (nSPS) is 15.7. The fourth-order valence-corrected chi connectivity index (χ4v) is 3.89. The summed E-state index contributed by atoms with van der Waals surface area (Å²) in [6.07, 6.45) is 18.3. The van der Waals surface area contributed by atoms with Crippen LogP contribution in [0.15, 0.2) is 97.6 Å². The van der Waals surface area contributed by atoms with Crippen molar-refractivity contribution in [1.29, 1.82) is 0 Å². The van der Waals surface area contributed by atoms with Crippen LogP contribution in [0.5, 0.6) is 0 Å². The van der Waals surface area contributed by atoms with E-state index in [0.29, 0.717) is 0 Å². The molecular formula is C26H20N2. The lowest BCUT2D eigenvalue weighted by Crippen LogP contribution is -1.89. The Morgan fingerprint density at radius 2 is 0.857 bits per heavy atom. The Hall–Kier alpha value is -3.52. The Bertz CT molecular complexity index is 1040. The van der Waals surface area contributed by atoms with Crippen molar-refractivity contribution in [2.24, 2.45) is 0 Å². The number of pyridine rings is 2. The first kappa shape index (κ1) is 16.6. The highest BCUT2D eigenvalue weighted by molar-refractivity contribution is 5.89. The van der Waals surface area contributed by atoms with Gasteiger partial charge in [0, 0.05) is 24.8 Å². The van der Waals surface area contributed by atoms with Gasteiger partial charge in [0.2, 0.25) is 0 Å². The first-order chi connectivity index (χ1) is 13.9. The minimum absolute atomic E-state index is 0.965. The third kappa shape index (κ3) is 3.25. The highest BCUT2D eigenvalue weighted by Gasteiger charge is 2.15. The second-order valence-electron chi connectivity index (χ2n) is 7.17. The number of rotatable bonds is 4. The molecule has 0 atom stereocenters. The Balaban J connectivity index is 1.32. The molecule has 0 fully saturated rings. The molecular weight excluding hydrogens is 340 g/mol. The molecule has 0 aliphatic heterocycles. The summed E-state index contributed by atoms with van der Waals surface area (Å²) in [6, 6.07) is 17.2. The van der Waals surface area contributed by atoms with Crippen LogP contribution in [-0.4, -0.2) is 9.97 Å². The molecule has 2 heteroatoms. The topological polar surface area (TPSA) is 25.8 Å². The van der Waals surface area contributed by atoms with Gasteiger partial charge in [-0.25, -0.2) is 0 Å². The first-order valence-electron chi connectivity index (χ1n) is 9.58. The molecule has 0 N–H and O–H groups in total. The van der Waals surface area contributed by atoms with Gasteiger partial charge in [-0.05, 0) is 87.7 Å². The summed E-state index contributed by atoms with van der Waals surface area (Å²) >= 11 is 0. The van der Waals surface area contributed by atoms with Crippen LogP contribution < -0.4 is 0 Å². The van der Waals surface area contributed by atoms with E-state index in [-0.39, 0.29) is 0 Å². The second kappa shape index (κ2) is 7.24. The number of nitrogens with zero attached hydrogens (tertiary/aromatic N) is 2. The van der Waals surface area contributed by atoms with Crippen LogP contribution in [0.4, 0.5) is 0 Å². The predicted octanol–water partition coefficient (Wildman–Crippen LogP) is 6.22. The van der Waals surface area contributed by atoms with Gasteiger partial charge < -0.3 is 0 Å². The zero-order valence-corrected chi connectivity index (χ0v) is 15.5. The predicted molar refractivity (Wildman–Crippen MR) is 116 cm³/mol. The van der Waals surface area contributed by atoms with E-state index in [9.17, 15) is 0 Å². The number of hydrogen-bond acceptors (Lipinski definition) is 2. The van der Waals surface area contributed by atoms with Crippen molar-refractivity contribution in [3.05, 3.63) is 120 Å². The van der Waals surface area contributed by atoms with Gasteiger partial charge in [-0.1, -0.05) is 42.5 Å². The quantitative estimate of drug-likeness (QED) is 0.552. The number of hydrogen-bond donors (Lipinski definition) is 0. The molecule has 0 saturated heterocycles. The van der Waals surface area contributed by atoms with Gasteiger partial charge in [-0.3, -0.25) is 9.97 Å². The molecule has 0 saturated carbocycles. The molecule has 0 radical (unpaired) electrons. The van der Waals surface area contributed by atoms with Crippen molar-refractivity contribution in [2.75, 3.05) is 0 Å². The summed E-state index contributed by atoms with van der Waals surface area (Å²) < 4.78 is 0. The van der Waals surface area contributed by atoms with Crippen LogP contribution in [0.3, 0.4) is 0 Å². The Morgan fingerprint density at radius 1 is 0.464 bits per heavy atom. The van der Waals surface area contributed by atoms with Gasteiger partial charge in [0.15, 0.2) is 0 Å². The average molecular weight is 360 g/mol. The fraction of sp³-hybridized carbons (Fsp3) is 0.0769. The average Bonchev–Trinajstić information content (AvgIpc) is 3.46. The molecule has 2 heterocycles. The van der Waals surface area contributed by atoms with E-state index in [1.165, 1.54) is 44.5 Å². The van der Waals surface area contributed by atoms with Crippen LogP contribution >= 0.6 is 0 Å². The lowest BCUT2D eigenvalue weighted by molar-refractivity contribution is 1.30. The van der Waals surface area contributed by atoms with Gasteiger partial charge >= 0.3 is 0 Å². The van der Waals surface area contributed by atoms with Crippen LogP contribution in [0.1, 0.15) is 35.1 Å².